The molecular weight excluding hydrogens is 373 g/mol. The summed E-state index contributed by atoms with van der Waals surface area (Å²) in [5.74, 6) is -0.643. The van der Waals surface area contributed by atoms with Crippen LogP contribution in [0.3, 0.4) is 0 Å². The first-order chi connectivity index (χ1) is 13.6. The second kappa shape index (κ2) is 7.70. The Balaban J connectivity index is 1.75. The van der Waals surface area contributed by atoms with Crippen molar-refractivity contribution in [3.05, 3.63) is 95.3 Å². The minimum absolute atomic E-state index is 0.302. The Morgan fingerprint density at radius 2 is 1.82 bits per heavy atom. The molecule has 0 N–H and O–H groups in total. The van der Waals surface area contributed by atoms with Crippen LogP contribution in [0.25, 0.3) is 10.2 Å². The number of hydrogen-bond donors (Lipinski definition) is 0. The van der Waals surface area contributed by atoms with E-state index in [2.05, 4.69) is 10.1 Å². The lowest BCUT2D eigenvalue weighted by Crippen LogP contribution is -2.25. The fourth-order valence-corrected chi connectivity index (χ4v) is 3.59. The van der Waals surface area contributed by atoms with Gasteiger partial charge in [-0.1, -0.05) is 59.4 Å². The van der Waals surface area contributed by atoms with Gasteiger partial charge < -0.3 is 0 Å². The van der Waals surface area contributed by atoms with E-state index < -0.39 is 0 Å². The van der Waals surface area contributed by atoms with Gasteiger partial charge >= 0.3 is 0 Å². The Morgan fingerprint density at radius 1 is 1.07 bits per heavy atom. The topological polar surface area (TPSA) is 45.6 Å². The van der Waals surface area contributed by atoms with E-state index in [-0.39, 0.29) is 11.7 Å². The normalized spacial score (nSPS) is 11.2. The quantitative estimate of drug-likeness (QED) is 0.345. The number of benzene rings is 3. The maximum Gasteiger partial charge on any atom is 0.280 e. The third kappa shape index (κ3) is 3.82. The monoisotopic (exact) mass is 389 g/mol. The molecule has 0 saturated heterocycles. The Labute approximate surface area is 165 Å². The summed E-state index contributed by atoms with van der Waals surface area (Å²) in [5, 5.41) is 6.05. The van der Waals surface area contributed by atoms with Crippen LogP contribution in [-0.2, 0) is 0 Å². The van der Waals surface area contributed by atoms with E-state index >= 15 is 0 Å². The van der Waals surface area contributed by atoms with E-state index in [1.807, 2.05) is 37.3 Å². The molecule has 0 atom stereocenters. The van der Waals surface area contributed by atoms with Crippen LogP contribution < -0.4 is 5.01 Å². The standard InChI is InChI=1S/C22H16FN3OS/c1-15-7-9-16(10-8-15)14-24-26(21(27)17-5-3-2-4-6-17)22-25-19-12-11-18(23)13-20(19)28-22/h2-14H,1H3/b24-14+. The molecule has 0 aliphatic heterocycles. The summed E-state index contributed by atoms with van der Waals surface area (Å²) in [6.45, 7) is 2.01. The minimum atomic E-state index is -0.341. The van der Waals surface area contributed by atoms with Crippen molar-refractivity contribution >= 4 is 38.8 Å². The highest BCUT2D eigenvalue weighted by Gasteiger charge is 2.21. The van der Waals surface area contributed by atoms with Crippen LogP contribution in [0.5, 0.6) is 0 Å². The van der Waals surface area contributed by atoms with Crippen molar-refractivity contribution in [1.29, 1.82) is 0 Å². The molecule has 0 fully saturated rings. The van der Waals surface area contributed by atoms with Crippen molar-refractivity contribution in [2.24, 2.45) is 5.10 Å². The predicted molar refractivity (Wildman–Crippen MR) is 112 cm³/mol. The first kappa shape index (κ1) is 18.0. The second-order valence-electron chi connectivity index (χ2n) is 6.25. The lowest BCUT2D eigenvalue weighted by atomic mass is 10.2. The van der Waals surface area contributed by atoms with Crippen molar-refractivity contribution in [1.82, 2.24) is 4.98 Å². The zero-order chi connectivity index (χ0) is 19.5. The Bertz CT molecular complexity index is 1150. The number of anilines is 1. The molecule has 1 heterocycles. The van der Waals surface area contributed by atoms with Crippen molar-refractivity contribution in [3.63, 3.8) is 0 Å². The number of aromatic nitrogens is 1. The number of amides is 1. The molecule has 0 aliphatic rings. The van der Waals surface area contributed by atoms with Crippen molar-refractivity contribution < 1.29 is 9.18 Å². The molecular formula is C22H16FN3OS. The molecule has 4 aromatic rings. The summed E-state index contributed by atoms with van der Waals surface area (Å²) in [6.07, 6.45) is 1.62. The number of halogens is 1. The van der Waals surface area contributed by atoms with Crippen LogP contribution in [0.4, 0.5) is 9.52 Å². The van der Waals surface area contributed by atoms with Gasteiger partial charge in [0, 0.05) is 5.56 Å². The highest BCUT2D eigenvalue weighted by molar-refractivity contribution is 7.22. The number of nitrogens with zero attached hydrogens (tertiary/aromatic N) is 3. The van der Waals surface area contributed by atoms with Crippen LogP contribution in [0, 0.1) is 12.7 Å². The zero-order valence-electron chi connectivity index (χ0n) is 15.0. The van der Waals surface area contributed by atoms with Crippen LogP contribution >= 0.6 is 11.3 Å². The van der Waals surface area contributed by atoms with Gasteiger partial charge in [0.05, 0.1) is 16.4 Å². The molecule has 28 heavy (non-hydrogen) atoms. The summed E-state index contributed by atoms with van der Waals surface area (Å²) >= 11 is 1.22. The van der Waals surface area contributed by atoms with Gasteiger partial charge in [-0.2, -0.15) is 10.1 Å². The Morgan fingerprint density at radius 3 is 2.57 bits per heavy atom. The number of aryl methyl sites for hydroxylation is 1. The molecule has 3 aromatic carbocycles. The average Bonchev–Trinajstić information content (AvgIpc) is 3.13. The molecule has 0 bridgehead atoms. The maximum atomic E-state index is 13.5. The van der Waals surface area contributed by atoms with E-state index in [4.69, 9.17) is 0 Å². The van der Waals surface area contributed by atoms with Gasteiger partial charge in [-0.25, -0.2) is 9.37 Å². The lowest BCUT2D eigenvalue weighted by Gasteiger charge is -2.13. The SMILES string of the molecule is Cc1ccc(/C=N/N(C(=O)c2ccccc2)c2nc3ccc(F)cc3s2)cc1. The van der Waals surface area contributed by atoms with Crippen LogP contribution in [-0.4, -0.2) is 17.1 Å². The number of carbonyl (C=O) groups excluding carboxylic acids is 1. The van der Waals surface area contributed by atoms with Crippen molar-refractivity contribution in [3.8, 4) is 0 Å². The summed E-state index contributed by atoms with van der Waals surface area (Å²) in [7, 11) is 0. The number of hydrogen-bond acceptors (Lipinski definition) is 4. The van der Waals surface area contributed by atoms with Crippen LogP contribution in [0.15, 0.2) is 77.9 Å². The minimum Gasteiger partial charge on any atom is -0.267 e. The van der Waals surface area contributed by atoms with Gasteiger partial charge in [0.25, 0.3) is 5.91 Å². The summed E-state index contributed by atoms with van der Waals surface area (Å²) in [6, 6.07) is 21.1. The molecule has 0 saturated carbocycles. The van der Waals surface area contributed by atoms with Gasteiger partial charge in [-0.3, -0.25) is 4.79 Å². The summed E-state index contributed by atoms with van der Waals surface area (Å²) in [4.78, 5) is 17.5. The van der Waals surface area contributed by atoms with E-state index in [0.717, 1.165) is 11.1 Å². The van der Waals surface area contributed by atoms with Crippen LogP contribution in [0.2, 0.25) is 0 Å². The largest absolute Gasteiger partial charge is 0.280 e. The van der Waals surface area contributed by atoms with E-state index in [1.54, 1.807) is 36.5 Å². The number of thiazole rings is 1. The Hall–Kier alpha value is -3.38. The molecule has 0 unspecified atom stereocenters. The molecule has 0 radical (unpaired) electrons. The predicted octanol–water partition coefficient (Wildman–Crippen LogP) is 5.42. The van der Waals surface area contributed by atoms with Gasteiger partial charge in [0.2, 0.25) is 5.13 Å². The Kier molecular flexibility index (Phi) is 4.95. The fraction of sp³-hybridized carbons (Fsp3) is 0.0455. The fourth-order valence-electron chi connectivity index (χ4n) is 2.65. The summed E-state index contributed by atoms with van der Waals surface area (Å²) in [5.41, 5.74) is 3.12. The number of fused-ring (bicyclic) bond motifs is 1. The van der Waals surface area contributed by atoms with Gasteiger partial charge in [-0.15, -0.1) is 0 Å². The van der Waals surface area contributed by atoms with Crippen molar-refractivity contribution in [2.45, 2.75) is 6.92 Å². The molecule has 4 nitrogen and oxygen atoms in total. The van der Waals surface area contributed by atoms with Gasteiger partial charge in [0.1, 0.15) is 5.82 Å². The average molecular weight is 389 g/mol. The third-order valence-electron chi connectivity index (χ3n) is 4.13. The van der Waals surface area contributed by atoms with E-state index in [0.29, 0.717) is 20.9 Å². The highest BCUT2D eigenvalue weighted by atomic mass is 32.1. The maximum absolute atomic E-state index is 13.5. The molecule has 6 heteroatoms. The molecule has 138 valence electrons. The lowest BCUT2D eigenvalue weighted by molar-refractivity contribution is 0.0988. The molecule has 4 rings (SSSR count). The van der Waals surface area contributed by atoms with Gasteiger partial charge in [-0.05, 0) is 42.8 Å². The highest BCUT2D eigenvalue weighted by Crippen LogP contribution is 2.30. The number of carbonyl (C=O) groups is 1. The van der Waals surface area contributed by atoms with Gasteiger partial charge in [0.15, 0.2) is 0 Å². The first-order valence-corrected chi connectivity index (χ1v) is 9.48. The number of hydrazone groups is 1. The first-order valence-electron chi connectivity index (χ1n) is 8.66. The second-order valence-corrected chi connectivity index (χ2v) is 7.26. The molecule has 0 spiro atoms. The summed E-state index contributed by atoms with van der Waals surface area (Å²) < 4.78 is 14.2. The molecule has 0 aliphatic carbocycles. The van der Waals surface area contributed by atoms with Crippen LogP contribution in [0.1, 0.15) is 21.5 Å². The van der Waals surface area contributed by atoms with E-state index in [9.17, 15) is 9.18 Å². The molecule has 1 aromatic heterocycles. The van der Waals surface area contributed by atoms with Crippen molar-refractivity contribution in [2.75, 3.05) is 5.01 Å². The smallest absolute Gasteiger partial charge is 0.267 e. The number of rotatable bonds is 4. The molecule has 1 amide bonds. The zero-order valence-corrected chi connectivity index (χ0v) is 15.9. The van der Waals surface area contributed by atoms with E-state index in [1.165, 1.54) is 28.5 Å². The third-order valence-corrected chi connectivity index (χ3v) is 5.13.